The number of benzene rings is 1. The van der Waals surface area contributed by atoms with Crippen molar-refractivity contribution in [3.8, 4) is 0 Å². The molecule has 2 rings (SSSR count). The Morgan fingerprint density at radius 3 is 2.00 bits per heavy atom. The molecule has 0 atom stereocenters. The molecule has 0 amide bonds. The molecule has 1 aromatic rings. The van der Waals surface area contributed by atoms with E-state index in [-0.39, 0.29) is 5.41 Å². The molecule has 21 heavy (non-hydrogen) atoms. The van der Waals surface area contributed by atoms with Crippen LogP contribution in [-0.4, -0.2) is 13.6 Å². The minimum Gasteiger partial charge on any atom is -0.319 e. The summed E-state index contributed by atoms with van der Waals surface area (Å²) < 4.78 is 0. The van der Waals surface area contributed by atoms with E-state index in [0.717, 1.165) is 22.2 Å². The Hall–Kier alpha value is -0.240. The molecule has 118 valence electrons. The Morgan fingerprint density at radius 2 is 1.57 bits per heavy atom. The predicted octanol–water partition coefficient (Wildman–Crippen LogP) is 5.83. The molecule has 1 nitrogen and oxygen atoms in total. The van der Waals surface area contributed by atoms with Crippen LogP contribution in [-0.2, 0) is 5.41 Å². The van der Waals surface area contributed by atoms with Gasteiger partial charge in [0.25, 0.3) is 0 Å². The quantitative estimate of drug-likeness (QED) is 0.664. The summed E-state index contributed by atoms with van der Waals surface area (Å²) in [6.45, 7) is 5.53. The van der Waals surface area contributed by atoms with Gasteiger partial charge in [0.05, 0.1) is 0 Å². The van der Waals surface area contributed by atoms with Crippen LogP contribution in [0.3, 0.4) is 0 Å². The molecule has 1 aliphatic carbocycles. The second-order valence-corrected chi connectivity index (χ2v) is 7.58. The first kappa shape index (κ1) is 17.1. The molecule has 1 N–H and O–H groups in total. The normalized spacial score (nSPS) is 19.3. The van der Waals surface area contributed by atoms with E-state index >= 15 is 0 Å². The van der Waals surface area contributed by atoms with Crippen molar-refractivity contribution in [2.45, 2.75) is 57.8 Å². The summed E-state index contributed by atoms with van der Waals surface area (Å²) in [5.74, 6) is 0. The fourth-order valence-electron chi connectivity index (χ4n) is 4.66. The van der Waals surface area contributed by atoms with Crippen LogP contribution in [0.5, 0.6) is 0 Å². The Kier molecular flexibility index (Phi) is 5.62. The highest BCUT2D eigenvalue weighted by Gasteiger charge is 2.54. The fraction of sp³-hybridized carbons (Fsp3) is 0.667. The summed E-state index contributed by atoms with van der Waals surface area (Å²) in [7, 11) is 2.02. The number of likely N-dealkylation sites (N-methyl/N-ethyl adjacent to an activating group) is 1. The molecular weight excluding hydrogens is 301 g/mol. The van der Waals surface area contributed by atoms with Gasteiger partial charge in [0.1, 0.15) is 0 Å². The second kappa shape index (κ2) is 6.89. The lowest BCUT2D eigenvalue weighted by Gasteiger charge is -2.58. The zero-order chi connectivity index (χ0) is 15.5. The molecule has 1 saturated carbocycles. The lowest BCUT2D eigenvalue weighted by Crippen LogP contribution is -2.54. The van der Waals surface area contributed by atoms with E-state index in [1.165, 1.54) is 38.5 Å². The minimum absolute atomic E-state index is 0.106. The molecule has 1 aliphatic rings. The third-order valence-electron chi connectivity index (χ3n) is 5.00. The Balaban J connectivity index is 2.33. The number of hydrogen-bond acceptors (Lipinski definition) is 1. The molecule has 1 fully saturated rings. The number of halogens is 2. The van der Waals surface area contributed by atoms with Gasteiger partial charge in [0.2, 0.25) is 0 Å². The number of nitrogens with one attached hydrogen (secondary N) is 1. The molecule has 0 aliphatic heterocycles. The first-order valence-electron chi connectivity index (χ1n) is 8.11. The maximum atomic E-state index is 6.50. The van der Waals surface area contributed by atoms with Gasteiger partial charge in [-0.15, -0.1) is 0 Å². The van der Waals surface area contributed by atoms with Crippen LogP contribution in [0, 0.1) is 5.41 Å². The largest absolute Gasteiger partial charge is 0.319 e. The van der Waals surface area contributed by atoms with Gasteiger partial charge >= 0.3 is 0 Å². The third kappa shape index (κ3) is 3.25. The molecule has 0 spiro atoms. The summed E-state index contributed by atoms with van der Waals surface area (Å²) in [6.07, 6.45) is 7.54. The van der Waals surface area contributed by atoms with Crippen LogP contribution < -0.4 is 5.32 Å². The van der Waals surface area contributed by atoms with E-state index in [1.807, 2.05) is 25.2 Å². The highest BCUT2D eigenvalue weighted by atomic mass is 35.5. The number of rotatable bonds is 7. The van der Waals surface area contributed by atoms with E-state index in [1.54, 1.807) is 0 Å². The Bertz CT molecular complexity index is 450. The van der Waals surface area contributed by atoms with Crippen LogP contribution in [0.25, 0.3) is 0 Å². The van der Waals surface area contributed by atoms with Crippen molar-refractivity contribution < 1.29 is 0 Å². The Labute approximate surface area is 139 Å². The van der Waals surface area contributed by atoms with Crippen LogP contribution in [0.2, 0.25) is 10.0 Å². The average molecular weight is 328 g/mol. The first-order valence-corrected chi connectivity index (χ1v) is 8.87. The van der Waals surface area contributed by atoms with Gasteiger partial charge in [0, 0.05) is 22.0 Å². The van der Waals surface area contributed by atoms with Crippen molar-refractivity contribution in [3.63, 3.8) is 0 Å². The van der Waals surface area contributed by atoms with Crippen molar-refractivity contribution in [1.29, 1.82) is 0 Å². The van der Waals surface area contributed by atoms with Gasteiger partial charge in [-0.1, -0.05) is 56.0 Å². The third-order valence-corrected chi connectivity index (χ3v) is 5.63. The molecule has 0 bridgehead atoms. The predicted molar refractivity (Wildman–Crippen MR) is 93.5 cm³/mol. The van der Waals surface area contributed by atoms with Gasteiger partial charge < -0.3 is 5.32 Å². The molecule has 3 heteroatoms. The molecule has 1 aromatic carbocycles. The summed E-state index contributed by atoms with van der Waals surface area (Å²) >= 11 is 13.0. The van der Waals surface area contributed by atoms with Crippen molar-refractivity contribution in [1.82, 2.24) is 5.32 Å². The molecular formula is C18H27Cl2N. The lowest BCUT2D eigenvalue weighted by atomic mass is 9.48. The Morgan fingerprint density at radius 1 is 1.05 bits per heavy atom. The van der Waals surface area contributed by atoms with E-state index in [4.69, 9.17) is 23.2 Å². The smallest absolute Gasteiger partial charge is 0.0459 e. The van der Waals surface area contributed by atoms with Crippen LogP contribution in [0.1, 0.15) is 57.9 Å². The number of hydrogen-bond donors (Lipinski definition) is 1. The van der Waals surface area contributed by atoms with Gasteiger partial charge in [-0.05, 0) is 55.8 Å². The summed E-state index contributed by atoms with van der Waals surface area (Å²) in [6, 6.07) is 5.88. The standard InChI is InChI=1S/C18H27Cl2N/c1-4-9-17(10-5-2)11-18(12-17,13-21-3)16-14(19)7-6-8-15(16)20/h6-8,21H,4-5,9-13H2,1-3H3. The van der Waals surface area contributed by atoms with Gasteiger partial charge in [-0.3, -0.25) is 0 Å². The summed E-state index contributed by atoms with van der Waals surface area (Å²) in [4.78, 5) is 0. The maximum Gasteiger partial charge on any atom is 0.0459 e. The SMILES string of the molecule is CCCC1(CCC)CC(CNC)(c2c(Cl)cccc2Cl)C1. The van der Waals surface area contributed by atoms with Crippen LogP contribution in [0.4, 0.5) is 0 Å². The van der Waals surface area contributed by atoms with Crippen molar-refractivity contribution >= 4 is 23.2 Å². The van der Waals surface area contributed by atoms with Crippen LogP contribution in [0.15, 0.2) is 18.2 Å². The van der Waals surface area contributed by atoms with Crippen molar-refractivity contribution in [2.75, 3.05) is 13.6 Å². The van der Waals surface area contributed by atoms with E-state index in [9.17, 15) is 0 Å². The first-order chi connectivity index (χ1) is 10.0. The monoisotopic (exact) mass is 327 g/mol. The van der Waals surface area contributed by atoms with Gasteiger partial charge in [0.15, 0.2) is 0 Å². The molecule has 0 radical (unpaired) electrons. The summed E-state index contributed by atoms with van der Waals surface area (Å²) in [5, 5.41) is 5.01. The summed E-state index contributed by atoms with van der Waals surface area (Å²) in [5.41, 5.74) is 1.75. The minimum atomic E-state index is 0.106. The van der Waals surface area contributed by atoms with Crippen LogP contribution >= 0.6 is 23.2 Å². The molecule has 0 saturated heterocycles. The second-order valence-electron chi connectivity index (χ2n) is 6.76. The molecule has 0 aromatic heterocycles. The zero-order valence-electron chi connectivity index (χ0n) is 13.4. The van der Waals surface area contributed by atoms with E-state index in [0.29, 0.717) is 5.41 Å². The maximum absolute atomic E-state index is 6.50. The highest BCUT2D eigenvalue weighted by molar-refractivity contribution is 6.36. The molecule has 0 unspecified atom stereocenters. The lowest BCUT2D eigenvalue weighted by molar-refractivity contribution is 0.00401. The highest BCUT2D eigenvalue weighted by Crippen LogP contribution is 2.61. The van der Waals surface area contributed by atoms with Crippen molar-refractivity contribution in [3.05, 3.63) is 33.8 Å². The van der Waals surface area contributed by atoms with E-state index < -0.39 is 0 Å². The van der Waals surface area contributed by atoms with E-state index in [2.05, 4.69) is 19.2 Å². The zero-order valence-corrected chi connectivity index (χ0v) is 14.9. The van der Waals surface area contributed by atoms with Crippen molar-refractivity contribution in [2.24, 2.45) is 5.41 Å². The van der Waals surface area contributed by atoms with Gasteiger partial charge in [-0.25, -0.2) is 0 Å². The topological polar surface area (TPSA) is 12.0 Å². The molecule has 0 heterocycles. The van der Waals surface area contributed by atoms with Gasteiger partial charge in [-0.2, -0.15) is 0 Å². The fourth-order valence-corrected chi connectivity index (χ4v) is 5.45. The average Bonchev–Trinajstić information content (AvgIpc) is 2.37.